The Kier molecular flexibility index (Phi) is 7.15. The Morgan fingerprint density at radius 2 is 1.94 bits per heavy atom. The third-order valence-corrected chi connectivity index (χ3v) is 5.94. The summed E-state index contributed by atoms with van der Waals surface area (Å²) in [6, 6.07) is 3.61. The highest BCUT2D eigenvalue weighted by atomic mass is 19.1. The first-order valence-electron chi connectivity index (χ1n) is 10.9. The molecule has 0 unspecified atom stereocenters. The monoisotopic (exact) mass is 452 g/mol. The summed E-state index contributed by atoms with van der Waals surface area (Å²) in [5, 5.41) is 7.42. The third-order valence-electron chi connectivity index (χ3n) is 5.94. The van der Waals surface area contributed by atoms with Crippen LogP contribution in [0.4, 0.5) is 15.8 Å². The standard InChI is InChI=1S/C24H29FN6O.CH4/c1-14(2)23-24(32)29-22-16(4)28-19(9-21(22)30(23)5)7-6-17-10-27-31(12-17)13-18-8-15(3)26-11-20(18)25;/h8-12,14,23H,6-7,13H2,1-5H3,(H,29,32);1H4/t23-;/m0./s1. The van der Waals surface area contributed by atoms with Crippen molar-refractivity contribution in [3.63, 3.8) is 0 Å². The zero-order valence-corrected chi connectivity index (χ0v) is 19.2. The second-order valence-corrected chi connectivity index (χ2v) is 8.85. The molecule has 0 aliphatic carbocycles. The number of anilines is 2. The number of hydrogen-bond acceptors (Lipinski definition) is 5. The van der Waals surface area contributed by atoms with Gasteiger partial charge < -0.3 is 10.2 Å². The van der Waals surface area contributed by atoms with Crippen molar-refractivity contribution in [1.82, 2.24) is 19.7 Å². The molecule has 176 valence electrons. The van der Waals surface area contributed by atoms with Gasteiger partial charge in [0.1, 0.15) is 11.9 Å². The molecule has 0 bridgehead atoms. The predicted octanol–water partition coefficient (Wildman–Crippen LogP) is 4.31. The van der Waals surface area contributed by atoms with Crippen molar-refractivity contribution in [2.24, 2.45) is 5.92 Å². The summed E-state index contributed by atoms with van der Waals surface area (Å²) in [6.45, 7) is 8.24. The van der Waals surface area contributed by atoms with Crippen molar-refractivity contribution in [2.75, 3.05) is 17.3 Å². The van der Waals surface area contributed by atoms with Gasteiger partial charge >= 0.3 is 0 Å². The van der Waals surface area contributed by atoms with Crippen LogP contribution in [0.5, 0.6) is 0 Å². The molecule has 4 heterocycles. The van der Waals surface area contributed by atoms with Crippen LogP contribution in [0.1, 0.15) is 49.5 Å². The topological polar surface area (TPSA) is 75.9 Å². The van der Waals surface area contributed by atoms with E-state index in [1.54, 1.807) is 10.7 Å². The van der Waals surface area contributed by atoms with Gasteiger partial charge in [-0.2, -0.15) is 5.10 Å². The number of carbonyl (C=O) groups is 1. The minimum atomic E-state index is -0.322. The van der Waals surface area contributed by atoms with E-state index in [1.165, 1.54) is 6.20 Å². The van der Waals surface area contributed by atoms with E-state index in [1.807, 2.05) is 33.3 Å². The van der Waals surface area contributed by atoms with E-state index >= 15 is 0 Å². The zero-order chi connectivity index (χ0) is 23.0. The van der Waals surface area contributed by atoms with E-state index in [9.17, 15) is 9.18 Å². The number of rotatable bonds is 6. The fraction of sp³-hybridized carbons (Fsp3) is 0.440. The molecule has 8 heteroatoms. The highest BCUT2D eigenvalue weighted by Crippen LogP contribution is 2.35. The van der Waals surface area contributed by atoms with Gasteiger partial charge in [0.05, 0.1) is 36.0 Å². The average molecular weight is 453 g/mol. The molecule has 7 nitrogen and oxygen atoms in total. The first-order chi connectivity index (χ1) is 15.2. The molecular weight excluding hydrogens is 419 g/mol. The SMILES string of the molecule is C.Cc1cc(Cn2cc(CCc3cc4c(c(C)n3)NC(=O)[C@H](C(C)C)N4C)cn2)c(F)cn1. The number of aryl methyl sites for hydroxylation is 4. The van der Waals surface area contributed by atoms with Gasteiger partial charge in [0, 0.05) is 30.2 Å². The molecule has 0 fully saturated rings. The molecule has 1 atom stereocenters. The zero-order valence-electron chi connectivity index (χ0n) is 19.2. The highest BCUT2D eigenvalue weighted by molar-refractivity contribution is 6.04. The Labute approximate surface area is 195 Å². The lowest BCUT2D eigenvalue weighted by molar-refractivity contribution is -0.118. The van der Waals surface area contributed by atoms with Crippen molar-refractivity contribution >= 4 is 17.3 Å². The summed E-state index contributed by atoms with van der Waals surface area (Å²) in [5.41, 5.74) is 6.00. The molecule has 1 aliphatic heterocycles. The second kappa shape index (κ2) is 9.68. The summed E-state index contributed by atoms with van der Waals surface area (Å²) in [4.78, 5) is 23.3. The van der Waals surface area contributed by atoms with Gasteiger partial charge in [0.2, 0.25) is 5.91 Å². The van der Waals surface area contributed by atoms with Crippen LogP contribution in [0.15, 0.2) is 30.7 Å². The number of amides is 1. The molecule has 0 radical (unpaired) electrons. The Bertz CT molecular complexity index is 1160. The Hall–Kier alpha value is -3.29. The fourth-order valence-electron chi connectivity index (χ4n) is 4.34. The van der Waals surface area contributed by atoms with Crippen LogP contribution in [-0.2, 0) is 24.2 Å². The Balaban J connectivity index is 0.00000306. The van der Waals surface area contributed by atoms with Gasteiger partial charge in [0.25, 0.3) is 0 Å². The first-order valence-corrected chi connectivity index (χ1v) is 10.9. The molecule has 1 amide bonds. The maximum absolute atomic E-state index is 14.0. The lowest BCUT2D eigenvalue weighted by Crippen LogP contribution is -2.49. The summed E-state index contributed by atoms with van der Waals surface area (Å²) < 4.78 is 15.7. The normalized spacial score (nSPS) is 15.3. The molecule has 4 rings (SSSR count). The van der Waals surface area contributed by atoms with E-state index < -0.39 is 0 Å². The highest BCUT2D eigenvalue weighted by Gasteiger charge is 2.34. The predicted molar refractivity (Wildman–Crippen MR) is 129 cm³/mol. The number of pyridine rings is 2. The van der Waals surface area contributed by atoms with Crippen LogP contribution >= 0.6 is 0 Å². The number of nitrogens with zero attached hydrogens (tertiary/aromatic N) is 5. The fourth-order valence-corrected chi connectivity index (χ4v) is 4.34. The third kappa shape index (κ3) is 5.05. The van der Waals surface area contributed by atoms with Crippen LogP contribution in [0.3, 0.4) is 0 Å². The van der Waals surface area contributed by atoms with Gasteiger partial charge in [-0.05, 0) is 50.3 Å². The van der Waals surface area contributed by atoms with Crippen LogP contribution in [0.25, 0.3) is 0 Å². The molecule has 1 N–H and O–H groups in total. The molecular formula is C25H33FN6O. The summed E-state index contributed by atoms with van der Waals surface area (Å²) >= 11 is 0. The molecule has 0 saturated heterocycles. The first kappa shape index (κ1) is 24.4. The van der Waals surface area contributed by atoms with Gasteiger partial charge in [-0.15, -0.1) is 0 Å². The molecule has 3 aromatic rings. The number of aromatic nitrogens is 4. The van der Waals surface area contributed by atoms with Crippen LogP contribution < -0.4 is 10.2 Å². The van der Waals surface area contributed by atoms with Crippen LogP contribution in [-0.4, -0.2) is 38.7 Å². The summed E-state index contributed by atoms with van der Waals surface area (Å²) in [5.74, 6) is -0.108. The van der Waals surface area contributed by atoms with Gasteiger partial charge in [-0.1, -0.05) is 21.3 Å². The number of hydrogen-bond donors (Lipinski definition) is 1. The molecule has 0 aromatic carbocycles. The van der Waals surface area contributed by atoms with E-state index in [0.29, 0.717) is 12.1 Å². The Morgan fingerprint density at radius 3 is 2.67 bits per heavy atom. The number of carbonyl (C=O) groups excluding carboxylic acids is 1. The van der Waals surface area contributed by atoms with Gasteiger partial charge in [0.15, 0.2) is 0 Å². The van der Waals surface area contributed by atoms with Crippen molar-refractivity contribution in [2.45, 2.75) is 60.5 Å². The second-order valence-electron chi connectivity index (χ2n) is 8.85. The maximum atomic E-state index is 14.0. The summed E-state index contributed by atoms with van der Waals surface area (Å²) in [7, 11) is 1.97. The van der Waals surface area contributed by atoms with E-state index in [2.05, 4.69) is 40.2 Å². The lowest BCUT2D eigenvalue weighted by Gasteiger charge is -2.38. The van der Waals surface area contributed by atoms with Crippen molar-refractivity contribution in [3.8, 4) is 0 Å². The Morgan fingerprint density at radius 1 is 1.18 bits per heavy atom. The number of halogens is 1. The van der Waals surface area contributed by atoms with Gasteiger partial charge in [-0.3, -0.25) is 19.4 Å². The molecule has 3 aromatic heterocycles. The van der Waals surface area contributed by atoms with Crippen molar-refractivity contribution in [1.29, 1.82) is 0 Å². The van der Waals surface area contributed by atoms with Crippen molar-refractivity contribution < 1.29 is 9.18 Å². The number of fused-ring (bicyclic) bond motifs is 1. The van der Waals surface area contributed by atoms with Crippen molar-refractivity contribution in [3.05, 3.63) is 64.7 Å². The largest absolute Gasteiger partial charge is 0.361 e. The lowest BCUT2D eigenvalue weighted by atomic mass is 9.97. The summed E-state index contributed by atoms with van der Waals surface area (Å²) in [6.07, 6.45) is 6.53. The molecule has 0 saturated carbocycles. The number of likely N-dealkylation sites (N-methyl/N-ethyl adjacent to an activating group) is 1. The molecule has 0 spiro atoms. The van der Waals surface area contributed by atoms with E-state index in [-0.39, 0.29) is 31.1 Å². The molecule has 33 heavy (non-hydrogen) atoms. The quantitative estimate of drug-likeness (QED) is 0.603. The number of nitrogens with one attached hydrogen (secondary N) is 1. The maximum Gasteiger partial charge on any atom is 0.247 e. The van der Waals surface area contributed by atoms with Crippen LogP contribution in [0.2, 0.25) is 0 Å². The minimum absolute atomic E-state index is 0. The smallest absolute Gasteiger partial charge is 0.247 e. The minimum Gasteiger partial charge on any atom is -0.361 e. The van der Waals surface area contributed by atoms with E-state index in [4.69, 9.17) is 4.98 Å². The molecule has 1 aliphatic rings. The van der Waals surface area contributed by atoms with Crippen LogP contribution in [0, 0.1) is 25.6 Å². The van der Waals surface area contributed by atoms with Gasteiger partial charge in [-0.25, -0.2) is 4.39 Å². The average Bonchev–Trinajstić information content (AvgIpc) is 3.17. The van der Waals surface area contributed by atoms with E-state index in [0.717, 1.165) is 46.9 Å².